The van der Waals surface area contributed by atoms with Crippen molar-refractivity contribution >= 4 is 6.21 Å². The summed E-state index contributed by atoms with van der Waals surface area (Å²) in [5.74, 6) is 0.835. The third-order valence-electron chi connectivity index (χ3n) is 2.59. The minimum absolute atomic E-state index is 0.726. The molecule has 0 fully saturated rings. The average molecular weight is 267 g/mol. The largest absolute Gasteiger partial charge is 0.382 e. The van der Waals surface area contributed by atoms with Crippen LogP contribution in [0.3, 0.4) is 0 Å². The molecule has 6 N–H and O–H groups in total. The van der Waals surface area contributed by atoms with Crippen LogP contribution < -0.4 is 22.1 Å². The highest BCUT2D eigenvalue weighted by Crippen LogP contribution is 2.02. The van der Waals surface area contributed by atoms with E-state index in [1.165, 1.54) is 0 Å². The van der Waals surface area contributed by atoms with Crippen LogP contribution in [-0.2, 0) is 0 Å². The molecule has 0 aromatic heterocycles. The van der Waals surface area contributed by atoms with Crippen molar-refractivity contribution in [2.45, 2.75) is 32.6 Å². The number of aliphatic imine (C=N–C) groups is 1. The quantitative estimate of drug-likeness (QED) is 0.242. The Morgan fingerprint density at radius 1 is 1.05 bits per heavy atom. The number of hydrogen-bond donors (Lipinski definition) is 4. The van der Waals surface area contributed by atoms with Gasteiger partial charge in [0.05, 0.1) is 5.70 Å². The predicted molar refractivity (Wildman–Crippen MR) is 84.0 cm³/mol. The molecule has 0 saturated carbocycles. The summed E-state index contributed by atoms with van der Waals surface area (Å²) in [6, 6.07) is 0. The second kappa shape index (κ2) is 13.1. The maximum atomic E-state index is 5.48. The zero-order valence-electron chi connectivity index (χ0n) is 12.1. The van der Waals surface area contributed by atoms with Crippen molar-refractivity contribution in [3.8, 4) is 0 Å². The maximum absolute atomic E-state index is 5.48. The standard InChI is InChI=1S/C14H29N5/c1-3-13(18-11-7-5-9-15)14(17-4-2)19-12-8-6-10-16/h3-4,18-19H,1,5-12,15-16H2,2H3/b14-13-,17-4-. The molecule has 0 saturated heterocycles. The molecule has 0 aliphatic rings. The summed E-state index contributed by atoms with van der Waals surface area (Å²) in [4.78, 5) is 4.35. The van der Waals surface area contributed by atoms with Crippen LogP contribution in [0.2, 0.25) is 0 Å². The molecule has 0 aromatic carbocycles. The molecule has 0 spiro atoms. The zero-order valence-corrected chi connectivity index (χ0v) is 12.1. The number of hydrogen-bond acceptors (Lipinski definition) is 5. The van der Waals surface area contributed by atoms with Gasteiger partial charge in [-0.3, -0.25) is 0 Å². The molecule has 110 valence electrons. The molecule has 0 amide bonds. The summed E-state index contributed by atoms with van der Waals surface area (Å²) in [5, 5.41) is 6.65. The van der Waals surface area contributed by atoms with E-state index in [1.54, 1.807) is 12.3 Å². The van der Waals surface area contributed by atoms with Gasteiger partial charge in [-0.05, 0) is 51.8 Å². The smallest absolute Gasteiger partial charge is 0.148 e. The van der Waals surface area contributed by atoms with E-state index in [1.807, 2.05) is 6.92 Å². The van der Waals surface area contributed by atoms with E-state index >= 15 is 0 Å². The van der Waals surface area contributed by atoms with Crippen LogP contribution in [0.5, 0.6) is 0 Å². The lowest BCUT2D eigenvalue weighted by molar-refractivity contribution is 0.655. The van der Waals surface area contributed by atoms with E-state index in [-0.39, 0.29) is 0 Å². The van der Waals surface area contributed by atoms with Gasteiger partial charge in [0.25, 0.3) is 0 Å². The van der Waals surface area contributed by atoms with Crippen molar-refractivity contribution in [3.05, 3.63) is 24.2 Å². The van der Waals surface area contributed by atoms with E-state index in [0.29, 0.717) is 0 Å². The first-order valence-electron chi connectivity index (χ1n) is 7.03. The van der Waals surface area contributed by atoms with Crippen LogP contribution in [0.25, 0.3) is 0 Å². The summed E-state index contributed by atoms with van der Waals surface area (Å²) in [6.45, 7) is 8.93. The van der Waals surface area contributed by atoms with Gasteiger partial charge in [0, 0.05) is 19.3 Å². The Hall–Kier alpha value is -1.33. The number of unbranched alkanes of at least 4 members (excludes halogenated alkanes) is 2. The lowest BCUT2D eigenvalue weighted by Gasteiger charge is -2.13. The Morgan fingerprint density at radius 2 is 1.63 bits per heavy atom. The van der Waals surface area contributed by atoms with Crippen LogP contribution in [-0.4, -0.2) is 32.4 Å². The predicted octanol–water partition coefficient (Wildman–Crippen LogP) is 1.09. The highest BCUT2D eigenvalue weighted by Gasteiger charge is 2.01. The third-order valence-corrected chi connectivity index (χ3v) is 2.59. The summed E-state index contributed by atoms with van der Waals surface area (Å²) in [7, 11) is 0. The minimum atomic E-state index is 0.726. The van der Waals surface area contributed by atoms with Crippen molar-refractivity contribution in [1.82, 2.24) is 10.6 Å². The van der Waals surface area contributed by atoms with Gasteiger partial charge in [0.15, 0.2) is 0 Å². The first kappa shape index (κ1) is 17.7. The Morgan fingerprint density at radius 3 is 2.11 bits per heavy atom. The van der Waals surface area contributed by atoms with Gasteiger partial charge in [-0.1, -0.05) is 6.58 Å². The molecule has 5 nitrogen and oxygen atoms in total. The van der Waals surface area contributed by atoms with Gasteiger partial charge in [-0.2, -0.15) is 0 Å². The molecular formula is C14H29N5. The van der Waals surface area contributed by atoms with E-state index in [0.717, 1.165) is 63.4 Å². The first-order valence-corrected chi connectivity index (χ1v) is 7.03. The number of nitrogens with one attached hydrogen (secondary N) is 2. The van der Waals surface area contributed by atoms with E-state index in [9.17, 15) is 0 Å². The molecule has 5 heteroatoms. The summed E-state index contributed by atoms with van der Waals surface area (Å²) >= 11 is 0. The fraction of sp³-hybridized carbons (Fsp3) is 0.643. The fourth-order valence-corrected chi connectivity index (χ4v) is 1.56. The summed E-state index contributed by atoms with van der Waals surface area (Å²) in [6.07, 6.45) is 7.69. The molecule has 0 radical (unpaired) electrons. The zero-order chi connectivity index (χ0) is 14.3. The average Bonchev–Trinajstić information content (AvgIpc) is 2.43. The Bertz CT molecular complexity index is 284. The lowest BCUT2D eigenvalue weighted by Crippen LogP contribution is -2.23. The van der Waals surface area contributed by atoms with Gasteiger partial charge in [-0.25, -0.2) is 4.99 Å². The van der Waals surface area contributed by atoms with Crippen molar-refractivity contribution in [1.29, 1.82) is 0 Å². The summed E-state index contributed by atoms with van der Waals surface area (Å²) < 4.78 is 0. The second-order valence-corrected chi connectivity index (χ2v) is 4.20. The molecule has 0 atom stereocenters. The van der Waals surface area contributed by atoms with Gasteiger partial charge >= 0.3 is 0 Å². The second-order valence-electron chi connectivity index (χ2n) is 4.20. The van der Waals surface area contributed by atoms with Gasteiger partial charge in [-0.15, -0.1) is 0 Å². The Balaban J connectivity index is 4.36. The molecular weight excluding hydrogens is 238 g/mol. The van der Waals surface area contributed by atoms with E-state index < -0.39 is 0 Å². The molecule has 19 heavy (non-hydrogen) atoms. The molecule has 0 rings (SSSR count). The minimum Gasteiger partial charge on any atom is -0.382 e. The molecule has 0 aliphatic heterocycles. The maximum Gasteiger partial charge on any atom is 0.148 e. The fourth-order valence-electron chi connectivity index (χ4n) is 1.56. The number of nitrogens with two attached hydrogens (primary N) is 2. The van der Waals surface area contributed by atoms with Crippen LogP contribution in [0.1, 0.15) is 32.6 Å². The number of nitrogens with zero attached hydrogens (tertiary/aromatic N) is 1. The third kappa shape index (κ3) is 9.27. The van der Waals surface area contributed by atoms with Crippen LogP contribution >= 0.6 is 0 Å². The van der Waals surface area contributed by atoms with Crippen LogP contribution in [0.4, 0.5) is 0 Å². The van der Waals surface area contributed by atoms with Crippen LogP contribution in [0, 0.1) is 0 Å². The molecule has 0 heterocycles. The Kier molecular flexibility index (Phi) is 12.2. The SMILES string of the molecule is C=C/C(NCCCCN)=C(\N=C/C)NCCCCN. The van der Waals surface area contributed by atoms with Gasteiger partial charge in [0.1, 0.15) is 5.82 Å². The Labute approximate surface area is 117 Å². The van der Waals surface area contributed by atoms with E-state index in [4.69, 9.17) is 11.5 Å². The monoisotopic (exact) mass is 267 g/mol. The molecule has 0 aromatic rings. The van der Waals surface area contributed by atoms with Gasteiger partial charge < -0.3 is 22.1 Å². The van der Waals surface area contributed by atoms with Crippen molar-refractivity contribution in [2.75, 3.05) is 26.2 Å². The highest BCUT2D eigenvalue weighted by atomic mass is 15.1. The van der Waals surface area contributed by atoms with Gasteiger partial charge in [0.2, 0.25) is 0 Å². The topological polar surface area (TPSA) is 88.5 Å². The molecule has 0 aliphatic carbocycles. The first-order chi connectivity index (χ1) is 9.29. The summed E-state index contributed by atoms with van der Waals surface area (Å²) in [5.41, 5.74) is 11.9. The van der Waals surface area contributed by atoms with Crippen molar-refractivity contribution in [2.24, 2.45) is 16.5 Å². The normalized spacial score (nSPS) is 12.4. The van der Waals surface area contributed by atoms with Crippen molar-refractivity contribution < 1.29 is 0 Å². The lowest BCUT2D eigenvalue weighted by atomic mass is 10.3. The number of rotatable bonds is 12. The van der Waals surface area contributed by atoms with E-state index in [2.05, 4.69) is 22.2 Å². The van der Waals surface area contributed by atoms with Crippen molar-refractivity contribution in [3.63, 3.8) is 0 Å². The number of allylic oxidation sites excluding steroid dienone is 1. The molecule has 0 unspecified atom stereocenters. The van der Waals surface area contributed by atoms with Crippen LogP contribution in [0.15, 0.2) is 29.2 Å². The molecule has 0 bridgehead atoms. The highest BCUT2D eigenvalue weighted by molar-refractivity contribution is 5.55.